The second-order valence-electron chi connectivity index (χ2n) is 3.06. The maximum Gasteiger partial charge on any atom is 0.278 e. The summed E-state index contributed by atoms with van der Waals surface area (Å²) in [6, 6.07) is 10.9. The molecule has 70 valence electrons. The Morgan fingerprint density at radius 2 is 1.93 bits per heavy atom. The minimum Gasteiger partial charge on any atom is -0.267 e. The van der Waals surface area contributed by atoms with Crippen molar-refractivity contribution in [1.82, 2.24) is 9.78 Å². The van der Waals surface area contributed by atoms with Crippen LogP contribution in [0.2, 0.25) is 0 Å². The topological polar surface area (TPSA) is 34.9 Å². The van der Waals surface area contributed by atoms with Gasteiger partial charge in [-0.1, -0.05) is 18.2 Å². The van der Waals surface area contributed by atoms with Crippen LogP contribution in [-0.2, 0) is 0 Å². The van der Waals surface area contributed by atoms with Gasteiger partial charge in [0, 0.05) is 17.5 Å². The molecule has 0 amide bonds. The molecule has 0 saturated heterocycles. The van der Waals surface area contributed by atoms with Crippen molar-refractivity contribution in [2.45, 2.75) is 6.92 Å². The van der Waals surface area contributed by atoms with E-state index in [0.29, 0.717) is 5.56 Å². The fourth-order valence-electron chi connectivity index (χ4n) is 1.29. The first-order valence-corrected chi connectivity index (χ1v) is 4.39. The Morgan fingerprint density at radius 1 is 1.21 bits per heavy atom. The largest absolute Gasteiger partial charge is 0.278 e. The summed E-state index contributed by atoms with van der Waals surface area (Å²) in [6.45, 7) is 1.86. The highest BCUT2D eigenvalue weighted by Gasteiger charge is 2.09. The number of nitrogens with zero attached hydrogens (tertiary/aromatic N) is 2. The summed E-state index contributed by atoms with van der Waals surface area (Å²) in [5.41, 5.74) is 1.50. The number of hydrogen-bond acceptors (Lipinski definition) is 2. The molecule has 0 aliphatic rings. The Bertz CT molecular complexity index is 445. The maximum absolute atomic E-state index is 11.8. The van der Waals surface area contributed by atoms with Gasteiger partial charge in [-0.05, 0) is 25.1 Å². The highest BCUT2D eigenvalue weighted by atomic mass is 16.2. The lowest BCUT2D eigenvalue weighted by Crippen LogP contribution is -2.14. The first kappa shape index (κ1) is 8.69. The zero-order chi connectivity index (χ0) is 9.97. The van der Waals surface area contributed by atoms with Gasteiger partial charge in [0.25, 0.3) is 5.91 Å². The molecule has 0 spiro atoms. The molecule has 1 aromatic heterocycles. The summed E-state index contributed by atoms with van der Waals surface area (Å²) in [5, 5.41) is 3.96. The lowest BCUT2D eigenvalue weighted by atomic mass is 10.2. The summed E-state index contributed by atoms with van der Waals surface area (Å²) in [4.78, 5) is 11.8. The third-order valence-corrected chi connectivity index (χ3v) is 2.05. The van der Waals surface area contributed by atoms with Crippen molar-refractivity contribution in [2.75, 3.05) is 0 Å². The number of aryl methyl sites for hydroxylation is 1. The van der Waals surface area contributed by atoms with Crippen molar-refractivity contribution < 1.29 is 4.79 Å². The molecule has 14 heavy (non-hydrogen) atoms. The van der Waals surface area contributed by atoms with Gasteiger partial charge in [-0.3, -0.25) is 4.79 Å². The quantitative estimate of drug-likeness (QED) is 0.681. The first-order chi connectivity index (χ1) is 6.79. The molecule has 0 atom stereocenters. The predicted octanol–water partition coefficient (Wildman–Crippen LogP) is 1.88. The Balaban J connectivity index is 2.39. The molecule has 1 aromatic carbocycles. The van der Waals surface area contributed by atoms with Crippen LogP contribution in [0.25, 0.3) is 0 Å². The van der Waals surface area contributed by atoms with Gasteiger partial charge in [-0.15, -0.1) is 0 Å². The van der Waals surface area contributed by atoms with E-state index in [1.807, 2.05) is 25.1 Å². The van der Waals surface area contributed by atoms with E-state index >= 15 is 0 Å². The van der Waals surface area contributed by atoms with Gasteiger partial charge in [0.05, 0.1) is 0 Å². The molecule has 3 heteroatoms. The van der Waals surface area contributed by atoms with Crippen molar-refractivity contribution in [3.8, 4) is 0 Å². The van der Waals surface area contributed by atoms with E-state index in [1.54, 1.807) is 24.4 Å². The Hall–Kier alpha value is -1.90. The smallest absolute Gasteiger partial charge is 0.267 e. The van der Waals surface area contributed by atoms with Crippen LogP contribution in [0.4, 0.5) is 0 Å². The monoisotopic (exact) mass is 186 g/mol. The van der Waals surface area contributed by atoms with Crippen LogP contribution in [-0.4, -0.2) is 15.7 Å². The van der Waals surface area contributed by atoms with E-state index in [9.17, 15) is 4.79 Å². The van der Waals surface area contributed by atoms with Crippen molar-refractivity contribution in [3.05, 3.63) is 53.9 Å². The Kier molecular flexibility index (Phi) is 2.14. The van der Waals surface area contributed by atoms with E-state index in [2.05, 4.69) is 5.10 Å². The van der Waals surface area contributed by atoms with Crippen molar-refractivity contribution >= 4 is 5.91 Å². The third kappa shape index (κ3) is 1.44. The number of hydrogen-bond donors (Lipinski definition) is 0. The SMILES string of the molecule is Cc1ccnn1C(=O)c1ccccc1. The van der Waals surface area contributed by atoms with Crippen LogP contribution >= 0.6 is 0 Å². The fraction of sp³-hybridized carbons (Fsp3) is 0.0909. The lowest BCUT2D eigenvalue weighted by Gasteiger charge is -2.01. The molecular weight excluding hydrogens is 176 g/mol. The molecular formula is C11H10N2O. The average molecular weight is 186 g/mol. The van der Waals surface area contributed by atoms with Crippen molar-refractivity contribution in [2.24, 2.45) is 0 Å². The molecule has 0 aliphatic heterocycles. The Labute approximate surface area is 82.0 Å². The van der Waals surface area contributed by atoms with Crippen LogP contribution in [0.1, 0.15) is 16.1 Å². The highest BCUT2D eigenvalue weighted by Crippen LogP contribution is 2.04. The van der Waals surface area contributed by atoms with Gasteiger partial charge in [-0.25, -0.2) is 4.68 Å². The summed E-state index contributed by atoms with van der Waals surface area (Å²) in [6.07, 6.45) is 1.62. The highest BCUT2D eigenvalue weighted by molar-refractivity contribution is 5.95. The normalized spacial score (nSPS) is 10.1. The van der Waals surface area contributed by atoms with E-state index in [1.165, 1.54) is 4.68 Å². The number of benzene rings is 1. The molecule has 0 bridgehead atoms. The van der Waals surface area contributed by atoms with Gasteiger partial charge >= 0.3 is 0 Å². The van der Waals surface area contributed by atoms with Crippen LogP contribution in [0.3, 0.4) is 0 Å². The van der Waals surface area contributed by atoms with Gasteiger partial charge < -0.3 is 0 Å². The third-order valence-electron chi connectivity index (χ3n) is 2.05. The van der Waals surface area contributed by atoms with Gasteiger partial charge in [0.1, 0.15) is 0 Å². The molecule has 3 nitrogen and oxygen atoms in total. The molecule has 2 aromatic rings. The minimum atomic E-state index is -0.0897. The molecule has 0 radical (unpaired) electrons. The second kappa shape index (κ2) is 3.46. The van der Waals surface area contributed by atoms with Crippen molar-refractivity contribution in [1.29, 1.82) is 0 Å². The van der Waals surface area contributed by atoms with E-state index < -0.39 is 0 Å². The maximum atomic E-state index is 11.8. The average Bonchev–Trinajstić information content (AvgIpc) is 2.65. The van der Waals surface area contributed by atoms with Crippen LogP contribution < -0.4 is 0 Å². The summed E-state index contributed by atoms with van der Waals surface area (Å²) >= 11 is 0. The molecule has 0 unspecified atom stereocenters. The fourth-order valence-corrected chi connectivity index (χ4v) is 1.29. The summed E-state index contributed by atoms with van der Waals surface area (Å²) in [7, 11) is 0. The molecule has 0 N–H and O–H groups in total. The number of carbonyl (C=O) groups is 1. The summed E-state index contributed by atoms with van der Waals surface area (Å²) in [5.74, 6) is -0.0897. The van der Waals surface area contributed by atoms with Gasteiger partial charge in [0.15, 0.2) is 0 Å². The minimum absolute atomic E-state index is 0.0897. The van der Waals surface area contributed by atoms with Crippen molar-refractivity contribution in [3.63, 3.8) is 0 Å². The molecule has 0 fully saturated rings. The van der Waals surface area contributed by atoms with Gasteiger partial charge in [-0.2, -0.15) is 5.10 Å². The zero-order valence-electron chi connectivity index (χ0n) is 7.84. The number of aromatic nitrogens is 2. The van der Waals surface area contributed by atoms with Crippen LogP contribution in [0.15, 0.2) is 42.6 Å². The zero-order valence-corrected chi connectivity index (χ0v) is 7.84. The lowest BCUT2D eigenvalue weighted by molar-refractivity contribution is 0.0943. The predicted molar refractivity (Wildman–Crippen MR) is 53.1 cm³/mol. The first-order valence-electron chi connectivity index (χ1n) is 4.39. The molecule has 0 aliphatic carbocycles. The van der Waals surface area contributed by atoms with E-state index in [4.69, 9.17) is 0 Å². The summed E-state index contributed by atoms with van der Waals surface area (Å²) < 4.78 is 1.40. The number of carbonyl (C=O) groups excluding carboxylic acids is 1. The molecule has 0 saturated carbocycles. The van der Waals surface area contributed by atoms with Gasteiger partial charge in [0.2, 0.25) is 0 Å². The molecule has 1 heterocycles. The Morgan fingerprint density at radius 3 is 2.50 bits per heavy atom. The van der Waals surface area contributed by atoms with Crippen LogP contribution in [0.5, 0.6) is 0 Å². The standard InChI is InChI=1S/C11H10N2O/c1-9-7-8-12-13(9)11(14)10-5-3-2-4-6-10/h2-8H,1H3. The molecule has 2 rings (SSSR count). The van der Waals surface area contributed by atoms with E-state index in [0.717, 1.165) is 5.69 Å². The van der Waals surface area contributed by atoms with E-state index in [-0.39, 0.29) is 5.91 Å². The number of rotatable bonds is 1. The van der Waals surface area contributed by atoms with Crippen LogP contribution in [0, 0.1) is 6.92 Å². The second-order valence-corrected chi connectivity index (χ2v) is 3.06.